The molecule has 0 amide bonds. The molecule has 2 aromatic rings. The van der Waals surface area contributed by atoms with Crippen LogP contribution in [-0.4, -0.2) is 19.0 Å². The van der Waals surface area contributed by atoms with Gasteiger partial charge in [0.1, 0.15) is 0 Å². The van der Waals surface area contributed by atoms with Crippen molar-refractivity contribution in [2.75, 3.05) is 0 Å². The molecule has 1 N–H and O–H groups in total. The Bertz CT molecular complexity index is 879. The summed E-state index contributed by atoms with van der Waals surface area (Å²) in [6.45, 7) is 14.4. The van der Waals surface area contributed by atoms with Crippen molar-refractivity contribution in [3.05, 3.63) is 59.1 Å². The van der Waals surface area contributed by atoms with E-state index in [2.05, 4.69) is 100 Å². The van der Waals surface area contributed by atoms with Crippen LogP contribution in [-0.2, 0) is 0 Å². The van der Waals surface area contributed by atoms with Crippen LogP contribution >= 0.6 is 23.4 Å². The maximum Gasteiger partial charge on any atom is 0.159 e. The van der Waals surface area contributed by atoms with Crippen LogP contribution in [0.1, 0.15) is 46.1 Å². The summed E-state index contributed by atoms with van der Waals surface area (Å²) in [5, 5.41) is 2.94. The Balaban J connectivity index is 1.83. The smallest absolute Gasteiger partial charge is 0.159 e. The molecular weight excluding hydrogens is 398 g/mol. The van der Waals surface area contributed by atoms with Gasteiger partial charge < -0.3 is 4.98 Å². The van der Waals surface area contributed by atoms with Gasteiger partial charge in [-0.2, -0.15) is 0 Å². The van der Waals surface area contributed by atoms with Crippen molar-refractivity contribution in [1.29, 1.82) is 0 Å². The topological polar surface area (TPSA) is 12.0 Å². The molecule has 150 valence electrons. The third-order valence-corrected chi connectivity index (χ3v) is 13.9. The number of halogens is 1. The summed E-state index contributed by atoms with van der Waals surface area (Å²) in [6.07, 6.45) is 0. The molecule has 0 saturated heterocycles. The molecule has 1 aliphatic heterocycles. The molecule has 4 heteroatoms. The maximum absolute atomic E-state index is 6.47. The fourth-order valence-electron chi connectivity index (χ4n) is 5.89. The van der Waals surface area contributed by atoms with Crippen molar-refractivity contribution < 1.29 is 0 Å². The predicted octanol–water partition coefficient (Wildman–Crippen LogP) is 6.42. The second-order valence-electron chi connectivity index (χ2n) is 9.98. The highest BCUT2D eigenvalue weighted by Gasteiger charge is 2.59. The molecule has 4 rings (SSSR count). The predicted molar refractivity (Wildman–Crippen MR) is 126 cm³/mol. The lowest BCUT2D eigenvalue weighted by Gasteiger charge is -2.44. The monoisotopic (exact) mass is 429 g/mol. The number of fused-ring (bicyclic) bond motifs is 3. The largest absolute Gasteiger partial charge is 0.329 e. The van der Waals surface area contributed by atoms with Gasteiger partial charge in [-0.1, -0.05) is 62.3 Å². The molecular formula is C24H32ClNSSi. The summed E-state index contributed by atoms with van der Waals surface area (Å²) in [6, 6.07) is 17.8. The minimum atomic E-state index is -2.04. The fraction of sp³-hybridized carbons (Fsp3) is 0.500. The first-order valence-corrected chi connectivity index (χ1v) is 14.3. The van der Waals surface area contributed by atoms with Gasteiger partial charge in [-0.05, 0) is 67.1 Å². The first kappa shape index (κ1) is 20.5. The van der Waals surface area contributed by atoms with E-state index >= 15 is 0 Å². The molecule has 0 spiro atoms. The number of thioether (sulfide) groups is 1. The zero-order valence-corrected chi connectivity index (χ0v) is 20.4. The van der Waals surface area contributed by atoms with E-state index in [0.717, 1.165) is 5.02 Å². The molecule has 6 unspecified atom stereocenters. The average Bonchev–Trinajstić information content (AvgIpc) is 3.09. The first-order valence-electron chi connectivity index (χ1n) is 10.4. The Morgan fingerprint density at radius 1 is 1.00 bits per heavy atom. The van der Waals surface area contributed by atoms with Crippen molar-refractivity contribution in [3.8, 4) is 0 Å². The van der Waals surface area contributed by atoms with E-state index in [9.17, 15) is 0 Å². The van der Waals surface area contributed by atoms with E-state index in [0.29, 0.717) is 28.5 Å². The Kier molecular flexibility index (Phi) is 5.27. The van der Waals surface area contributed by atoms with Crippen molar-refractivity contribution in [2.45, 2.75) is 68.3 Å². The van der Waals surface area contributed by atoms with Crippen LogP contribution in [0.25, 0.3) is 0 Å². The summed E-state index contributed by atoms with van der Waals surface area (Å²) >= 11 is 8.60. The van der Waals surface area contributed by atoms with Crippen LogP contribution in [0.3, 0.4) is 0 Å². The van der Waals surface area contributed by atoms with Gasteiger partial charge in [0.25, 0.3) is 0 Å². The van der Waals surface area contributed by atoms with Crippen molar-refractivity contribution in [3.63, 3.8) is 0 Å². The third kappa shape index (κ3) is 3.39. The Labute approximate surface area is 180 Å². The molecule has 1 heterocycles. The van der Waals surface area contributed by atoms with Gasteiger partial charge in [-0.15, -0.1) is 11.8 Å². The highest BCUT2D eigenvalue weighted by atomic mass is 35.5. The third-order valence-electron chi connectivity index (χ3n) is 6.94. The van der Waals surface area contributed by atoms with E-state index < -0.39 is 8.24 Å². The van der Waals surface area contributed by atoms with Gasteiger partial charge in [0.15, 0.2) is 8.24 Å². The van der Waals surface area contributed by atoms with E-state index in [-0.39, 0.29) is 5.54 Å². The molecule has 1 saturated carbocycles. The second kappa shape index (κ2) is 7.19. The van der Waals surface area contributed by atoms with Crippen LogP contribution < -0.4 is 10.2 Å². The summed E-state index contributed by atoms with van der Waals surface area (Å²) < 4.78 is 0. The van der Waals surface area contributed by atoms with E-state index in [1.165, 1.54) is 10.1 Å². The lowest BCUT2D eigenvalue weighted by molar-refractivity contribution is 0.414. The van der Waals surface area contributed by atoms with Crippen LogP contribution in [0, 0.1) is 11.8 Å². The second-order valence-corrected chi connectivity index (χ2v) is 15.5. The average molecular weight is 430 g/mol. The van der Waals surface area contributed by atoms with Crippen molar-refractivity contribution >= 4 is 36.8 Å². The number of hydrogen-bond acceptors (Lipinski definition) is 2. The van der Waals surface area contributed by atoms with Gasteiger partial charge in [0, 0.05) is 26.6 Å². The summed E-state index contributed by atoms with van der Waals surface area (Å²) in [5.74, 6) is 2.04. The van der Waals surface area contributed by atoms with Crippen LogP contribution in [0.15, 0.2) is 53.4 Å². The van der Waals surface area contributed by atoms with E-state index in [1.54, 1.807) is 5.56 Å². The molecule has 28 heavy (non-hydrogen) atoms. The zero-order chi connectivity index (χ0) is 20.3. The molecule has 0 aromatic heterocycles. The van der Waals surface area contributed by atoms with E-state index in [1.807, 2.05) is 6.07 Å². The lowest BCUT2D eigenvalue weighted by atomic mass is 9.87. The highest BCUT2D eigenvalue weighted by Crippen LogP contribution is 2.64. The fourth-order valence-corrected chi connectivity index (χ4v) is 14.3. The number of benzene rings is 2. The van der Waals surface area contributed by atoms with E-state index in [4.69, 9.17) is 11.6 Å². The van der Waals surface area contributed by atoms with Gasteiger partial charge >= 0.3 is 0 Å². The molecule has 1 aliphatic carbocycles. The number of rotatable bonds is 3. The highest BCUT2D eigenvalue weighted by molar-refractivity contribution is 8.00. The van der Waals surface area contributed by atoms with Crippen LogP contribution in [0.4, 0.5) is 0 Å². The number of hydrogen-bond donors (Lipinski definition) is 1. The SMILES string of the molecule is CC1C(C)C([Si](C)(NC(C)(C)C)c2cccc(Cl)c2)C2Sc3ccccc3C12. The Hall–Kier alpha value is -0.743. The van der Waals surface area contributed by atoms with Gasteiger partial charge in [0.2, 0.25) is 0 Å². The Morgan fingerprint density at radius 2 is 1.71 bits per heavy atom. The summed E-state index contributed by atoms with van der Waals surface area (Å²) in [7, 11) is -2.04. The number of nitrogens with one attached hydrogen (secondary N) is 1. The normalized spacial score (nSPS) is 31.3. The quantitative estimate of drug-likeness (QED) is 0.564. The minimum Gasteiger partial charge on any atom is -0.329 e. The minimum absolute atomic E-state index is 0.0699. The van der Waals surface area contributed by atoms with Crippen LogP contribution in [0.2, 0.25) is 17.1 Å². The molecule has 6 atom stereocenters. The summed E-state index contributed by atoms with van der Waals surface area (Å²) in [5.41, 5.74) is 2.31. The molecule has 1 nitrogen and oxygen atoms in total. The van der Waals surface area contributed by atoms with Gasteiger partial charge in [0.05, 0.1) is 0 Å². The Morgan fingerprint density at radius 3 is 2.39 bits per heavy atom. The van der Waals surface area contributed by atoms with Gasteiger partial charge in [-0.3, -0.25) is 0 Å². The standard InChI is InChI=1S/C24H32ClNSSi/c1-15-16(2)23(22-21(15)19-12-7-8-13-20(19)27-22)28(6,26-24(3,4)5)18-11-9-10-17(25)14-18/h7-16,21-23,26H,1-6H3. The maximum atomic E-state index is 6.47. The van der Waals surface area contributed by atoms with Crippen molar-refractivity contribution in [2.24, 2.45) is 11.8 Å². The molecule has 1 fully saturated rings. The molecule has 2 aromatic carbocycles. The first-order chi connectivity index (χ1) is 13.1. The zero-order valence-electron chi connectivity index (χ0n) is 17.8. The summed E-state index contributed by atoms with van der Waals surface area (Å²) in [4.78, 5) is 5.67. The molecule has 0 bridgehead atoms. The van der Waals surface area contributed by atoms with Gasteiger partial charge in [-0.25, -0.2) is 0 Å². The molecule has 2 aliphatic rings. The van der Waals surface area contributed by atoms with Crippen molar-refractivity contribution in [1.82, 2.24) is 4.98 Å². The van der Waals surface area contributed by atoms with Crippen LogP contribution in [0.5, 0.6) is 0 Å². The molecule has 0 radical (unpaired) electrons. The lowest BCUT2D eigenvalue weighted by Crippen LogP contribution is -2.68.